The molecule has 0 fully saturated rings. The van der Waals surface area contributed by atoms with Crippen molar-refractivity contribution in [2.75, 3.05) is 19.9 Å². The summed E-state index contributed by atoms with van der Waals surface area (Å²) < 4.78 is 11.5. The van der Waals surface area contributed by atoms with Crippen molar-refractivity contribution in [3.05, 3.63) is 75.1 Å². The van der Waals surface area contributed by atoms with Gasteiger partial charge >= 0.3 is 5.63 Å². The van der Waals surface area contributed by atoms with Gasteiger partial charge in [-0.25, -0.2) is 4.79 Å². The van der Waals surface area contributed by atoms with E-state index in [1.54, 1.807) is 0 Å². The number of fused-ring (bicyclic) bond motifs is 3. The van der Waals surface area contributed by atoms with Gasteiger partial charge in [0, 0.05) is 30.5 Å². The van der Waals surface area contributed by atoms with Gasteiger partial charge < -0.3 is 14.3 Å². The third kappa shape index (κ3) is 3.00. The fourth-order valence-electron chi connectivity index (χ4n) is 3.50. The van der Waals surface area contributed by atoms with E-state index in [0.29, 0.717) is 37.4 Å². The summed E-state index contributed by atoms with van der Waals surface area (Å²) in [5.41, 5.74) is 3.87. The second kappa shape index (κ2) is 6.94. The van der Waals surface area contributed by atoms with Crippen molar-refractivity contribution in [3.63, 3.8) is 0 Å². The van der Waals surface area contributed by atoms with Crippen LogP contribution in [0.25, 0.3) is 11.0 Å². The number of hydrogen-bond acceptors (Lipinski definition) is 5. The van der Waals surface area contributed by atoms with Crippen LogP contribution in [0, 0.1) is 6.92 Å². The molecule has 3 aromatic rings. The van der Waals surface area contributed by atoms with Gasteiger partial charge in [0.25, 0.3) is 0 Å². The van der Waals surface area contributed by atoms with Crippen LogP contribution >= 0.6 is 0 Å². The molecule has 2 heterocycles. The van der Waals surface area contributed by atoms with E-state index in [9.17, 15) is 9.90 Å². The van der Waals surface area contributed by atoms with E-state index in [1.165, 1.54) is 0 Å². The summed E-state index contributed by atoms with van der Waals surface area (Å²) in [5, 5.41) is 10.1. The summed E-state index contributed by atoms with van der Waals surface area (Å²) >= 11 is 0. The molecule has 1 aliphatic heterocycles. The fourth-order valence-corrected chi connectivity index (χ4v) is 3.50. The minimum absolute atomic E-state index is 0.0632. The zero-order valence-corrected chi connectivity index (χ0v) is 14.7. The molecule has 26 heavy (non-hydrogen) atoms. The van der Waals surface area contributed by atoms with E-state index >= 15 is 0 Å². The van der Waals surface area contributed by atoms with Crippen LogP contribution in [0.4, 0.5) is 0 Å². The van der Waals surface area contributed by atoms with E-state index in [-0.39, 0.29) is 12.2 Å². The van der Waals surface area contributed by atoms with Crippen molar-refractivity contribution in [1.82, 2.24) is 4.90 Å². The summed E-state index contributed by atoms with van der Waals surface area (Å²) in [6.07, 6.45) is 0.551. The Hall–Kier alpha value is -2.63. The Kier molecular flexibility index (Phi) is 4.49. The molecule has 5 heteroatoms. The molecule has 0 unspecified atom stereocenters. The van der Waals surface area contributed by atoms with Gasteiger partial charge in [-0.15, -0.1) is 0 Å². The number of aliphatic hydroxyl groups excluding tert-OH is 1. The SMILES string of the molecule is Cc1c(Cc2ccccc2)c(=O)oc2c3c(ccc12)OCN(CCO)C3. The molecule has 0 radical (unpaired) electrons. The molecule has 0 bridgehead atoms. The van der Waals surface area contributed by atoms with Crippen molar-refractivity contribution < 1.29 is 14.3 Å². The van der Waals surface area contributed by atoms with Crippen LogP contribution in [-0.4, -0.2) is 29.9 Å². The molecular weight excluding hydrogens is 330 g/mol. The Bertz CT molecular complexity index is 994. The predicted molar refractivity (Wildman–Crippen MR) is 99.5 cm³/mol. The molecule has 0 saturated heterocycles. The third-order valence-electron chi connectivity index (χ3n) is 4.94. The minimum Gasteiger partial charge on any atom is -0.478 e. The van der Waals surface area contributed by atoms with Crippen LogP contribution in [0.3, 0.4) is 0 Å². The van der Waals surface area contributed by atoms with Gasteiger partial charge in [-0.1, -0.05) is 30.3 Å². The number of hydrogen-bond donors (Lipinski definition) is 1. The van der Waals surface area contributed by atoms with Crippen LogP contribution in [0.15, 0.2) is 51.7 Å². The van der Waals surface area contributed by atoms with Gasteiger partial charge in [0.1, 0.15) is 18.1 Å². The highest BCUT2D eigenvalue weighted by atomic mass is 16.5. The normalized spacial score (nSPS) is 14.2. The van der Waals surface area contributed by atoms with Crippen molar-refractivity contribution in [2.24, 2.45) is 0 Å². The highest BCUT2D eigenvalue weighted by Crippen LogP contribution is 2.33. The molecule has 134 valence electrons. The topological polar surface area (TPSA) is 62.9 Å². The number of ether oxygens (including phenoxy) is 1. The molecule has 0 amide bonds. The molecule has 0 saturated carbocycles. The highest BCUT2D eigenvalue weighted by molar-refractivity contribution is 5.86. The van der Waals surface area contributed by atoms with E-state index in [2.05, 4.69) is 0 Å². The maximum atomic E-state index is 12.7. The molecule has 0 aliphatic carbocycles. The predicted octanol–water partition coefficient (Wildman–Crippen LogP) is 2.84. The first-order valence-electron chi connectivity index (χ1n) is 8.75. The smallest absolute Gasteiger partial charge is 0.340 e. The summed E-state index contributed by atoms with van der Waals surface area (Å²) in [6, 6.07) is 13.8. The lowest BCUT2D eigenvalue weighted by Crippen LogP contribution is -2.34. The minimum atomic E-state index is -0.300. The van der Waals surface area contributed by atoms with E-state index in [1.807, 2.05) is 54.3 Å². The summed E-state index contributed by atoms with van der Waals surface area (Å²) in [6.45, 7) is 3.57. The second-order valence-corrected chi connectivity index (χ2v) is 6.62. The van der Waals surface area contributed by atoms with Gasteiger partial charge in [0.2, 0.25) is 0 Å². The van der Waals surface area contributed by atoms with Crippen LogP contribution in [0.5, 0.6) is 5.75 Å². The van der Waals surface area contributed by atoms with Gasteiger partial charge in [0.05, 0.1) is 12.2 Å². The lowest BCUT2D eigenvalue weighted by atomic mass is 9.98. The standard InChI is InChI=1S/C21H21NO4/c1-14-16-7-8-19-18(12-22(9-10-23)13-25-19)20(16)26-21(24)17(14)11-15-5-3-2-4-6-15/h2-8,23H,9-13H2,1H3. The Balaban J connectivity index is 1.81. The van der Waals surface area contributed by atoms with E-state index in [4.69, 9.17) is 9.15 Å². The molecule has 0 spiro atoms. The molecular formula is C21H21NO4. The average molecular weight is 351 g/mol. The van der Waals surface area contributed by atoms with Gasteiger partial charge in [-0.2, -0.15) is 0 Å². The number of aryl methyl sites for hydroxylation is 1. The van der Waals surface area contributed by atoms with Crippen molar-refractivity contribution in [3.8, 4) is 5.75 Å². The molecule has 2 aromatic carbocycles. The van der Waals surface area contributed by atoms with Crippen LogP contribution in [0.2, 0.25) is 0 Å². The Morgan fingerprint density at radius 2 is 1.96 bits per heavy atom. The van der Waals surface area contributed by atoms with Gasteiger partial charge in [-0.05, 0) is 30.2 Å². The molecule has 0 atom stereocenters. The van der Waals surface area contributed by atoms with Crippen molar-refractivity contribution in [1.29, 1.82) is 0 Å². The summed E-state index contributed by atoms with van der Waals surface area (Å²) in [4.78, 5) is 14.7. The highest BCUT2D eigenvalue weighted by Gasteiger charge is 2.23. The van der Waals surface area contributed by atoms with E-state index in [0.717, 1.165) is 27.8 Å². The number of aliphatic hydroxyl groups is 1. The molecule has 1 N–H and O–H groups in total. The zero-order valence-electron chi connectivity index (χ0n) is 14.7. The first-order valence-corrected chi connectivity index (χ1v) is 8.75. The van der Waals surface area contributed by atoms with Crippen molar-refractivity contribution >= 4 is 11.0 Å². The fraction of sp³-hybridized carbons (Fsp3) is 0.286. The first kappa shape index (κ1) is 16.8. The van der Waals surface area contributed by atoms with Crippen LogP contribution in [0.1, 0.15) is 22.3 Å². The Morgan fingerprint density at radius 3 is 2.73 bits per heavy atom. The third-order valence-corrected chi connectivity index (χ3v) is 4.94. The number of rotatable bonds is 4. The first-order chi connectivity index (χ1) is 12.7. The molecule has 1 aliphatic rings. The largest absolute Gasteiger partial charge is 0.478 e. The van der Waals surface area contributed by atoms with Crippen LogP contribution < -0.4 is 10.4 Å². The zero-order chi connectivity index (χ0) is 18.1. The molecule has 5 nitrogen and oxygen atoms in total. The quantitative estimate of drug-likeness (QED) is 0.733. The Morgan fingerprint density at radius 1 is 1.15 bits per heavy atom. The lowest BCUT2D eigenvalue weighted by molar-refractivity contribution is 0.0774. The van der Waals surface area contributed by atoms with Gasteiger partial charge in [0.15, 0.2) is 0 Å². The molecule has 4 rings (SSSR count). The Labute approximate surface area is 151 Å². The summed E-state index contributed by atoms with van der Waals surface area (Å²) in [5.74, 6) is 0.741. The number of benzene rings is 2. The number of β-amino-alcohol motifs (C(OH)–C–C–N with tert-alkyl or cyclic N) is 1. The lowest BCUT2D eigenvalue weighted by Gasteiger charge is -2.28. The van der Waals surface area contributed by atoms with Crippen molar-refractivity contribution in [2.45, 2.75) is 19.9 Å². The van der Waals surface area contributed by atoms with Crippen LogP contribution in [-0.2, 0) is 13.0 Å². The van der Waals surface area contributed by atoms with Gasteiger partial charge in [-0.3, -0.25) is 4.90 Å². The molecule has 1 aromatic heterocycles. The summed E-state index contributed by atoms with van der Waals surface area (Å²) in [7, 11) is 0. The van der Waals surface area contributed by atoms with E-state index < -0.39 is 0 Å². The maximum Gasteiger partial charge on any atom is 0.340 e. The second-order valence-electron chi connectivity index (χ2n) is 6.62. The monoisotopic (exact) mass is 351 g/mol. The maximum absolute atomic E-state index is 12.7. The number of nitrogens with zero attached hydrogens (tertiary/aromatic N) is 1. The average Bonchev–Trinajstić information content (AvgIpc) is 2.66.